The maximum Gasteiger partial charge on any atom is 0.137 e. The van der Waals surface area contributed by atoms with Crippen LogP contribution in [0.2, 0.25) is 0 Å². The second kappa shape index (κ2) is 6.90. The van der Waals surface area contributed by atoms with Crippen molar-refractivity contribution in [3.63, 3.8) is 0 Å². The van der Waals surface area contributed by atoms with Crippen LogP contribution in [-0.4, -0.2) is 57.7 Å². The van der Waals surface area contributed by atoms with E-state index in [4.69, 9.17) is 13.9 Å². The summed E-state index contributed by atoms with van der Waals surface area (Å²) in [6.45, 7) is 8.82. The molecule has 1 spiro atoms. The van der Waals surface area contributed by atoms with Crippen molar-refractivity contribution in [3.8, 4) is 0 Å². The Bertz CT molecular complexity index is 680. The number of aromatic nitrogens is 3. The van der Waals surface area contributed by atoms with E-state index in [2.05, 4.69) is 28.0 Å². The lowest BCUT2D eigenvalue weighted by Gasteiger charge is -2.31. The van der Waals surface area contributed by atoms with Gasteiger partial charge in [-0.2, -0.15) is 5.10 Å². The number of rotatable bonds is 4. The third-order valence-electron chi connectivity index (χ3n) is 5.22. The zero-order valence-electron chi connectivity index (χ0n) is 15.0. The van der Waals surface area contributed by atoms with E-state index in [1.807, 2.05) is 11.6 Å². The SMILES string of the molecule is Cc1cc(CN2CCOC[C@@]3(CC[C@H](Cn4cncn4)O3)C2)oc1C. The topological polar surface area (TPSA) is 65.5 Å². The van der Waals surface area contributed by atoms with E-state index in [-0.39, 0.29) is 11.7 Å². The van der Waals surface area contributed by atoms with Gasteiger partial charge in [0.05, 0.1) is 32.4 Å². The van der Waals surface area contributed by atoms with Crippen LogP contribution < -0.4 is 0 Å². The highest BCUT2D eigenvalue weighted by Crippen LogP contribution is 2.34. The van der Waals surface area contributed by atoms with E-state index in [0.717, 1.165) is 57.1 Å². The molecule has 0 aliphatic carbocycles. The van der Waals surface area contributed by atoms with Crippen LogP contribution in [-0.2, 0) is 22.6 Å². The normalized spacial score (nSPS) is 27.8. The standard InChI is InChI=1S/C18H26N4O3/c1-14-7-17(24-15(14)2)8-21-5-6-23-11-18(10-21)4-3-16(25-18)9-22-13-19-12-20-22/h7,12-13,16H,3-6,8-11H2,1-2H3/t16-,18-/m1/s1. The molecule has 0 radical (unpaired) electrons. The number of aryl methyl sites for hydroxylation is 2. The van der Waals surface area contributed by atoms with Crippen LogP contribution in [0, 0.1) is 13.8 Å². The first-order valence-corrected chi connectivity index (χ1v) is 8.98. The molecule has 2 atom stereocenters. The molecule has 0 N–H and O–H groups in total. The minimum absolute atomic E-state index is 0.165. The Morgan fingerprint density at radius 2 is 2.28 bits per heavy atom. The molecule has 0 unspecified atom stereocenters. The molecular weight excluding hydrogens is 320 g/mol. The van der Waals surface area contributed by atoms with Gasteiger partial charge in [-0.1, -0.05) is 0 Å². The molecule has 2 aromatic rings. The van der Waals surface area contributed by atoms with Gasteiger partial charge in [0.2, 0.25) is 0 Å². The van der Waals surface area contributed by atoms with E-state index in [0.29, 0.717) is 6.61 Å². The Hall–Kier alpha value is -1.70. The number of furan rings is 1. The van der Waals surface area contributed by atoms with E-state index in [1.165, 1.54) is 5.56 Å². The molecule has 2 fully saturated rings. The van der Waals surface area contributed by atoms with E-state index in [1.54, 1.807) is 12.7 Å². The fourth-order valence-corrected chi connectivity index (χ4v) is 3.85. The van der Waals surface area contributed by atoms with E-state index >= 15 is 0 Å². The fraction of sp³-hybridized carbons (Fsp3) is 0.667. The van der Waals surface area contributed by atoms with Crippen LogP contribution in [0.3, 0.4) is 0 Å². The van der Waals surface area contributed by atoms with Gasteiger partial charge in [-0.15, -0.1) is 0 Å². The number of hydrogen-bond donors (Lipinski definition) is 0. The smallest absolute Gasteiger partial charge is 0.137 e. The van der Waals surface area contributed by atoms with Gasteiger partial charge in [0, 0.05) is 13.1 Å². The minimum atomic E-state index is -0.224. The Morgan fingerprint density at radius 1 is 1.36 bits per heavy atom. The summed E-state index contributed by atoms with van der Waals surface area (Å²) >= 11 is 0. The summed E-state index contributed by atoms with van der Waals surface area (Å²) in [7, 11) is 0. The Morgan fingerprint density at radius 3 is 3.04 bits per heavy atom. The van der Waals surface area contributed by atoms with Crippen molar-refractivity contribution in [1.29, 1.82) is 0 Å². The van der Waals surface area contributed by atoms with Crippen LogP contribution in [0.5, 0.6) is 0 Å². The summed E-state index contributed by atoms with van der Waals surface area (Å²) < 4.78 is 20.0. The lowest BCUT2D eigenvalue weighted by Crippen LogP contribution is -2.44. The zero-order valence-corrected chi connectivity index (χ0v) is 15.0. The summed E-state index contributed by atoms with van der Waals surface area (Å²) in [6.07, 6.45) is 5.51. The first kappa shape index (κ1) is 16.8. The van der Waals surface area contributed by atoms with Crippen LogP contribution >= 0.6 is 0 Å². The summed E-state index contributed by atoms with van der Waals surface area (Å²) in [4.78, 5) is 6.40. The first-order valence-electron chi connectivity index (χ1n) is 8.98. The van der Waals surface area contributed by atoms with Crippen molar-refractivity contribution in [1.82, 2.24) is 19.7 Å². The minimum Gasteiger partial charge on any atom is -0.465 e. The third-order valence-corrected chi connectivity index (χ3v) is 5.22. The predicted molar refractivity (Wildman–Crippen MR) is 91.1 cm³/mol. The molecule has 7 heteroatoms. The lowest BCUT2D eigenvalue weighted by molar-refractivity contribution is -0.0907. The lowest BCUT2D eigenvalue weighted by atomic mass is 10.00. The van der Waals surface area contributed by atoms with E-state index < -0.39 is 0 Å². The van der Waals surface area contributed by atoms with Crippen molar-refractivity contribution >= 4 is 0 Å². The van der Waals surface area contributed by atoms with Crippen LogP contribution in [0.1, 0.15) is 29.9 Å². The first-order chi connectivity index (χ1) is 12.1. The Kier molecular flexibility index (Phi) is 4.62. The van der Waals surface area contributed by atoms with Gasteiger partial charge in [0.15, 0.2) is 0 Å². The van der Waals surface area contributed by atoms with Crippen LogP contribution in [0.25, 0.3) is 0 Å². The maximum atomic E-state index is 6.45. The molecule has 0 aromatic carbocycles. The molecule has 0 saturated carbocycles. The second-order valence-electron chi connectivity index (χ2n) is 7.29. The average molecular weight is 346 g/mol. The summed E-state index contributed by atoms with van der Waals surface area (Å²) in [6, 6.07) is 2.14. The highest BCUT2D eigenvalue weighted by Gasteiger charge is 2.43. The molecular formula is C18H26N4O3. The van der Waals surface area contributed by atoms with Gasteiger partial charge < -0.3 is 13.9 Å². The van der Waals surface area contributed by atoms with Crippen molar-refractivity contribution in [2.24, 2.45) is 0 Å². The molecule has 25 heavy (non-hydrogen) atoms. The number of ether oxygens (including phenoxy) is 2. The molecule has 4 rings (SSSR count). The van der Waals surface area contributed by atoms with Crippen LogP contribution in [0.4, 0.5) is 0 Å². The molecule has 2 aromatic heterocycles. The van der Waals surface area contributed by atoms with Crippen molar-refractivity contribution in [3.05, 3.63) is 35.8 Å². The summed E-state index contributed by atoms with van der Waals surface area (Å²) in [5.41, 5.74) is 0.985. The van der Waals surface area contributed by atoms with Crippen molar-refractivity contribution in [2.45, 2.75) is 51.5 Å². The largest absolute Gasteiger partial charge is 0.465 e. The predicted octanol–water partition coefficient (Wildman–Crippen LogP) is 1.94. The Balaban J connectivity index is 1.41. The highest BCUT2D eigenvalue weighted by atomic mass is 16.6. The number of hydrogen-bond acceptors (Lipinski definition) is 6. The van der Waals surface area contributed by atoms with Gasteiger partial charge in [0.25, 0.3) is 0 Å². The highest BCUT2D eigenvalue weighted by molar-refractivity contribution is 5.18. The summed E-state index contributed by atoms with van der Waals surface area (Å²) in [5, 5.41) is 4.18. The molecule has 4 heterocycles. The molecule has 136 valence electrons. The molecule has 7 nitrogen and oxygen atoms in total. The monoisotopic (exact) mass is 346 g/mol. The third kappa shape index (κ3) is 3.78. The molecule has 2 aliphatic heterocycles. The van der Waals surface area contributed by atoms with Crippen LogP contribution in [0.15, 0.2) is 23.1 Å². The maximum absolute atomic E-state index is 6.45. The zero-order chi connectivity index (χ0) is 17.3. The van der Waals surface area contributed by atoms with Crippen molar-refractivity contribution < 1.29 is 13.9 Å². The number of nitrogens with zero attached hydrogens (tertiary/aromatic N) is 4. The molecule has 0 amide bonds. The van der Waals surface area contributed by atoms with Gasteiger partial charge in [-0.05, 0) is 38.3 Å². The van der Waals surface area contributed by atoms with E-state index in [9.17, 15) is 0 Å². The van der Waals surface area contributed by atoms with Gasteiger partial charge >= 0.3 is 0 Å². The molecule has 0 bridgehead atoms. The fourth-order valence-electron chi connectivity index (χ4n) is 3.85. The molecule has 2 aliphatic rings. The average Bonchev–Trinajstić information content (AvgIpc) is 3.25. The summed E-state index contributed by atoms with van der Waals surface area (Å²) in [5.74, 6) is 2.02. The van der Waals surface area contributed by atoms with Gasteiger partial charge in [-0.25, -0.2) is 4.98 Å². The van der Waals surface area contributed by atoms with Gasteiger partial charge in [-0.3, -0.25) is 9.58 Å². The van der Waals surface area contributed by atoms with Gasteiger partial charge in [0.1, 0.15) is 29.8 Å². The quantitative estimate of drug-likeness (QED) is 0.843. The molecule has 2 saturated heterocycles. The Labute approximate surface area is 147 Å². The van der Waals surface area contributed by atoms with Crippen molar-refractivity contribution in [2.75, 3.05) is 26.3 Å². The second-order valence-corrected chi connectivity index (χ2v) is 7.29.